The fraction of sp³-hybridized carbons (Fsp3) is 0.0270. The Morgan fingerprint density at radius 2 is 0.415 bits per heavy atom. The van der Waals surface area contributed by atoms with Gasteiger partial charge in [0.2, 0.25) is 0 Å². The van der Waals surface area contributed by atoms with Gasteiger partial charge in [-0.05, 0) is 226 Å². The average molecular weight is 1520 g/mol. The van der Waals surface area contributed by atoms with Crippen LogP contribution in [0.15, 0.2) is 400 Å². The number of hydrogen-bond donors (Lipinski definition) is 0. The van der Waals surface area contributed by atoms with Crippen molar-refractivity contribution in [2.24, 2.45) is 0 Å². The number of thiophene rings is 1. The lowest BCUT2D eigenvalue weighted by atomic mass is 9.82. The van der Waals surface area contributed by atoms with Crippen molar-refractivity contribution in [2.75, 3.05) is 0 Å². The van der Waals surface area contributed by atoms with Crippen LogP contribution in [0.4, 0.5) is 0 Å². The van der Waals surface area contributed by atoms with Crippen molar-refractivity contribution in [2.45, 2.75) is 19.3 Å². The Morgan fingerprint density at radius 1 is 0.169 bits per heavy atom. The zero-order valence-corrected chi connectivity index (χ0v) is 65.5. The molecule has 7 aromatic heterocycles. The van der Waals surface area contributed by atoms with Crippen LogP contribution < -0.4 is 0 Å². The molecule has 6 nitrogen and oxygen atoms in total. The first-order chi connectivity index (χ1) is 58.3. The topological polar surface area (TPSA) is 29.6 Å². The molecule has 0 spiro atoms. The van der Waals surface area contributed by atoms with E-state index in [9.17, 15) is 0 Å². The quantitative estimate of drug-likeness (QED) is 0.145. The smallest absolute Gasteiger partial charge is 0.0541 e. The van der Waals surface area contributed by atoms with Crippen LogP contribution in [0, 0.1) is 0 Å². The van der Waals surface area contributed by atoms with Crippen LogP contribution in [0.25, 0.3) is 219 Å². The SMILES string of the molecule is CC1(C)c2ccccc2-c2ccc(-n3c4ccccc4c4cc(-c5ccc6c(c5)c5ccccc5n6-c5ccc(-n6c7ccccc7c7ccccc76)cc5)ccc43)cc21.c1ccc2c(c1)sc1ccc(-n3c4ccccc4c4cc(-c5ccc6c(c5)c5ccccc5n6-c5ccc(-n6c7ccccc7c7ccccc76)cc5)ccc43)cc12. The van der Waals surface area contributed by atoms with Crippen LogP contribution in [-0.4, -0.2) is 27.4 Å². The largest absolute Gasteiger partial charge is 0.309 e. The van der Waals surface area contributed by atoms with E-state index in [2.05, 4.69) is 442 Å². The van der Waals surface area contributed by atoms with E-state index in [4.69, 9.17) is 0 Å². The maximum atomic E-state index is 2.46. The molecular weight excluding hydrogens is 1450 g/mol. The molecular formula is C111H72N6S. The molecule has 0 radical (unpaired) electrons. The highest BCUT2D eigenvalue weighted by Crippen LogP contribution is 2.51. The summed E-state index contributed by atoms with van der Waals surface area (Å²) in [5.74, 6) is 0. The van der Waals surface area contributed by atoms with Crippen molar-refractivity contribution >= 4 is 162 Å². The predicted octanol–water partition coefficient (Wildman–Crippen LogP) is 30.0. The highest BCUT2D eigenvalue weighted by Gasteiger charge is 2.36. The van der Waals surface area contributed by atoms with Gasteiger partial charge in [0.1, 0.15) is 0 Å². The highest BCUT2D eigenvalue weighted by atomic mass is 32.1. The maximum Gasteiger partial charge on any atom is 0.0541 e. The summed E-state index contributed by atoms with van der Waals surface area (Å²) >= 11 is 1.86. The van der Waals surface area contributed by atoms with Crippen molar-refractivity contribution < 1.29 is 0 Å². The van der Waals surface area contributed by atoms with Gasteiger partial charge in [-0.3, -0.25) is 0 Å². The van der Waals surface area contributed by atoms with E-state index in [1.54, 1.807) is 0 Å². The molecule has 0 N–H and O–H groups in total. The molecule has 552 valence electrons. The minimum absolute atomic E-state index is 0.0629. The third-order valence-electron chi connectivity index (χ3n) is 25.7. The number of hydrogen-bond acceptors (Lipinski definition) is 1. The lowest BCUT2D eigenvalue weighted by Crippen LogP contribution is -2.15. The molecule has 0 fully saturated rings. The summed E-state index contributed by atoms with van der Waals surface area (Å²) in [6, 6.07) is 148. The number of benzene rings is 18. The summed E-state index contributed by atoms with van der Waals surface area (Å²) in [6.07, 6.45) is 0. The van der Waals surface area contributed by atoms with Crippen molar-refractivity contribution in [1.29, 1.82) is 0 Å². The second-order valence-electron chi connectivity index (χ2n) is 32.3. The molecule has 0 atom stereocenters. The van der Waals surface area contributed by atoms with Crippen molar-refractivity contribution in [3.8, 4) is 67.5 Å². The number of fused-ring (bicyclic) bond motifs is 24. The van der Waals surface area contributed by atoms with Crippen LogP contribution in [-0.2, 0) is 5.41 Å². The van der Waals surface area contributed by atoms with Gasteiger partial charge in [-0.25, -0.2) is 0 Å². The zero-order chi connectivity index (χ0) is 77.6. The van der Waals surface area contributed by atoms with Gasteiger partial charge < -0.3 is 27.4 Å². The summed E-state index contributed by atoms with van der Waals surface area (Å²) in [6.45, 7) is 4.72. The van der Waals surface area contributed by atoms with Gasteiger partial charge in [-0.15, -0.1) is 11.3 Å². The first-order valence-corrected chi connectivity index (χ1v) is 41.6. The molecule has 1 aliphatic carbocycles. The maximum absolute atomic E-state index is 2.46. The lowest BCUT2D eigenvalue weighted by Gasteiger charge is -2.22. The second-order valence-corrected chi connectivity index (χ2v) is 33.4. The van der Waals surface area contributed by atoms with Gasteiger partial charge >= 0.3 is 0 Å². The Morgan fingerprint density at radius 3 is 0.771 bits per heavy atom. The molecule has 18 aromatic carbocycles. The summed E-state index contributed by atoms with van der Waals surface area (Å²) in [7, 11) is 0. The standard InChI is InChI=1S/C57H39N3.C54H33N3S/c1-57(2)49-18-8-3-13-41(49)42-30-29-40(35-50(42)57)60-54-22-12-7-17-46(54)48-34-37(24-32-56(48)60)36-23-31-55-47(33-36)45-16-6-11-21-53(45)59(55)39-27-25-38(26-28-39)58-51-19-9-4-14-43(51)44-15-5-10-20-52(44)58;1-6-16-47-39(11-1)40-12-2-7-17-48(40)55(47)36-23-25-37(26-24-36)56-49-18-8-3-13-41(49)44-31-34(21-28-51(44)56)35-22-29-52-45(32-35)42-14-4-9-19-50(42)57(52)38-27-30-54-46(33-38)43-15-5-10-20-53(43)58-54/h3-35H,1-2H3;1-33H. The minimum atomic E-state index is -0.0629. The molecule has 0 aliphatic heterocycles. The van der Waals surface area contributed by atoms with E-state index < -0.39 is 0 Å². The Labute approximate surface area is 683 Å². The Hall–Kier alpha value is -15.0. The van der Waals surface area contributed by atoms with Crippen LogP contribution in [0.3, 0.4) is 0 Å². The van der Waals surface area contributed by atoms with Crippen LogP contribution in [0.5, 0.6) is 0 Å². The van der Waals surface area contributed by atoms with Crippen molar-refractivity contribution in [3.63, 3.8) is 0 Å². The predicted molar refractivity (Wildman–Crippen MR) is 500 cm³/mol. The first kappa shape index (κ1) is 66.4. The van der Waals surface area contributed by atoms with Crippen molar-refractivity contribution in [3.05, 3.63) is 412 Å². The molecule has 0 bridgehead atoms. The molecule has 0 saturated carbocycles. The number of aromatic nitrogens is 6. The monoisotopic (exact) mass is 1520 g/mol. The summed E-state index contributed by atoms with van der Waals surface area (Å²) in [5.41, 5.74) is 31.8. The van der Waals surface area contributed by atoms with E-state index in [0.717, 1.165) is 22.7 Å². The summed E-state index contributed by atoms with van der Waals surface area (Å²) < 4.78 is 17.1. The normalized spacial score (nSPS) is 12.7. The van der Waals surface area contributed by atoms with Gasteiger partial charge in [0.05, 0.1) is 66.2 Å². The van der Waals surface area contributed by atoms with Gasteiger partial charge in [0, 0.05) is 124 Å². The van der Waals surface area contributed by atoms with Crippen LogP contribution in [0.1, 0.15) is 25.0 Å². The molecule has 0 unspecified atom stereocenters. The van der Waals surface area contributed by atoms with E-state index in [-0.39, 0.29) is 5.41 Å². The summed E-state index contributed by atoms with van der Waals surface area (Å²) in [5, 5.41) is 17.8. The van der Waals surface area contributed by atoms with Crippen LogP contribution >= 0.6 is 11.3 Å². The third kappa shape index (κ3) is 9.80. The Kier molecular flexibility index (Phi) is 14.3. The van der Waals surface area contributed by atoms with Gasteiger partial charge in [-0.2, -0.15) is 0 Å². The van der Waals surface area contributed by atoms with Crippen LogP contribution in [0.2, 0.25) is 0 Å². The third-order valence-corrected chi connectivity index (χ3v) is 26.8. The number of para-hydroxylation sites is 8. The Balaban J connectivity index is 0.000000132. The van der Waals surface area contributed by atoms with E-state index in [0.29, 0.717) is 0 Å². The fourth-order valence-corrected chi connectivity index (χ4v) is 21.4. The lowest BCUT2D eigenvalue weighted by molar-refractivity contribution is 0.660. The molecule has 26 rings (SSSR count). The van der Waals surface area contributed by atoms with E-state index >= 15 is 0 Å². The fourth-order valence-electron chi connectivity index (χ4n) is 20.3. The molecule has 118 heavy (non-hydrogen) atoms. The minimum Gasteiger partial charge on any atom is -0.309 e. The number of rotatable bonds is 8. The second kappa shape index (κ2) is 25.5. The molecule has 0 amide bonds. The van der Waals surface area contributed by atoms with E-state index in [1.807, 2.05) is 11.3 Å². The Bertz CT molecular complexity index is 8430. The highest BCUT2D eigenvalue weighted by molar-refractivity contribution is 7.25. The first-order valence-electron chi connectivity index (χ1n) is 40.8. The van der Waals surface area contributed by atoms with Gasteiger partial charge in [-0.1, -0.05) is 232 Å². The molecule has 7 heteroatoms. The molecule has 25 aromatic rings. The van der Waals surface area contributed by atoms with Gasteiger partial charge in [0.25, 0.3) is 0 Å². The molecule has 7 heterocycles. The summed E-state index contributed by atoms with van der Waals surface area (Å²) in [4.78, 5) is 0. The molecule has 1 aliphatic rings. The zero-order valence-electron chi connectivity index (χ0n) is 64.7. The van der Waals surface area contributed by atoms with Gasteiger partial charge in [0.15, 0.2) is 0 Å². The molecule has 0 saturated heterocycles. The van der Waals surface area contributed by atoms with Crippen molar-refractivity contribution in [1.82, 2.24) is 27.4 Å². The van der Waals surface area contributed by atoms with E-state index in [1.165, 1.54) is 207 Å². The number of nitrogens with zero attached hydrogens (tertiary/aromatic N) is 6. The average Bonchev–Trinajstić information content (AvgIpc) is 1.57.